The standard InChI is InChI=1S/C17H15Cl3N4O3S2/c1-9-17(28-10(2)22-9)14-3-4-16(25)24(23-14)6-5-21-29(26,27)15-8-12(19)11(18)7-13(15)20/h3-4,7-8,21H,5-6H2,1-2H3. The van der Waals surface area contributed by atoms with Crippen molar-refractivity contribution in [3.8, 4) is 10.6 Å². The van der Waals surface area contributed by atoms with Gasteiger partial charge >= 0.3 is 0 Å². The van der Waals surface area contributed by atoms with Gasteiger partial charge in [-0.3, -0.25) is 4.79 Å². The van der Waals surface area contributed by atoms with E-state index in [2.05, 4.69) is 14.8 Å². The van der Waals surface area contributed by atoms with E-state index in [4.69, 9.17) is 34.8 Å². The molecule has 1 aromatic carbocycles. The molecule has 0 spiro atoms. The Morgan fingerprint density at radius 1 is 1.10 bits per heavy atom. The minimum absolute atomic E-state index is 0.0294. The van der Waals surface area contributed by atoms with E-state index >= 15 is 0 Å². The maximum atomic E-state index is 12.5. The van der Waals surface area contributed by atoms with Gasteiger partial charge in [0.1, 0.15) is 10.6 Å². The Morgan fingerprint density at radius 2 is 1.79 bits per heavy atom. The van der Waals surface area contributed by atoms with Crippen molar-refractivity contribution in [1.29, 1.82) is 0 Å². The zero-order chi connectivity index (χ0) is 21.3. The normalized spacial score (nSPS) is 11.8. The molecule has 3 rings (SSSR count). The highest BCUT2D eigenvalue weighted by Gasteiger charge is 2.20. The number of rotatable bonds is 6. The van der Waals surface area contributed by atoms with Crippen LogP contribution in [0.1, 0.15) is 10.7 Å². The maximum Gasteiger partial charge on any atom is 0.266 e. The molecule has 1 N–H and O–H groups in total. The van der Waals surface area contributed by atoms with Gasteiger partial charge < -0.3 is 0 Å². The molecule has 154 valence electrons. The average Bonchev–Trinajstić information content (AvgIpc) is 2.97. The second-order valence-corrected chi connectivity index (χ2v) is 10.2. The Morgan fingerprint density at radius 3 is 2.45 bits per heavy atom. The molecular weight excluding hydrogens is 479 g/mol. The molecule has 0 atom stereocenters. The Balaban J connectivity index is 1.78. The lowest BCUT2D eigenvalue weighted by Crippen LogP contribution is -2.32. The fourth-order valence-electron chi connectivity index (χ4n) is 2.57. The summed E-state index contributed by atoms with van der Waals surface area (Å²) >= 11 is 19.2. The van der Waals surface area contributed by atoms with E-state index in [1.807, 2.05) is 13.8 Å². The summed E-state index contributed by atoms with van der Waals surface area (Å²) in [6.07, 6.45) is 0. The molecule has 2 heterocycles. The lowest BCUT2D eigenvalue weighted by atomic mass is 10.3. The van der Waals surface area contributed by atoms with Gasteiger partial charge in [0.05, 0.1) is 37.2 Å². The molecule has 7 nitrogen and oxygen atoms in total. The van der Waals surface area contributed by atoms with Gasteiger partial charge in [0.25, 0.3) is 5.56 Å². The number of benzene rings is 1. The molecule has 0 aliphatic carbocycles. The Hall–Kier alpha value is -1.49. The molecule has 3 aromatic rings. The van der Waals surface area contributed by atoms with E-state index in [0.29, 0.717) is 5.69 Å². The minimum atomic E-state index is -3.96. The van der Waals surface area contributed by atoms with Crippen LogP contribution in [0.15, 0.2) is 34.0 Å². The highest BCUT2D eigenvalue weighted by atomic mass is 35.5. The van der Waals surface area contributed by atoms with Gasteiger partial charge in [-0.15, -0.1) is 11.3 Å². The van der Waals surface area contributed by atoms with E-state index in [0.717, 1.165) is 15.6 Å². The first-order chi connectivity index (χ1) is 13.6. The van der Waals surface area contributed by atoms with E-state index in [1.54, 1.807) is 6.07 Å². The summed E-state index contributed by atoms with van der Waals surface area (Å²) in [5.74, 6) is 0. The summed E-state index contributed by atoms with van der Waals surface area (Å²) in [5.41, 5.74) is 1.07. The third kappa shape index (κ3) is 4.99. The first-order valence-electron chi connectivity index (χ1n) is 8.25. The Kier molecular flexibility index (Phi) is 6.67. The van der Waals surface area contributed by atoms with Crippen molar-refractivity contribution in [1.82, 2.24) is 19.5 Å². The van der Waals surface area contributed by atoms with Gasteiger partial charge in [-0.1, -0.05) is 34.8 Å². The van der Waals surface area contributed by atoms with E-state index in [1.165, 1.54) is 34.2 Å². The summed E-state index contributed by atoms with van der Waals surface area (Å²) in [6.45, 7) is 3.71. The summed E-state index contributed by atoms with van der Waals surface area (Å²) in [6, 6.07) is 5.45. The number of nitrogens with one attached hydrogen (secondary N) is 1. The third-order valence-electron chi connectivity index (χ3n) is 3.88. The average molecular weight is 494 g/mol. The van der Waals surface area contributed by atoms with Crippen LogP contribution in [0.4, 0.5) is 0 Å². The molecule has 0 saturated heterocycles. The quantitative estimate of drug-likeness (QED) is 0.525. The summed E-state index contributed by atoms with van der Waals surface area (Å²) in [4.78, 5) is 17.1. The van der Waals surface area contributed by atoms with Crippen molar-refractivity contribution in [2.75, 3.05) is 6.54 Å². The number of aryl methyl sites for hydroxylation is 2. The van der Waals surface area contributed by atoms with Crippen LogP contribution in [-0.2, 0) is 16.6 Å². The topological polar surface area (TPSA) is 94.0 Å². The second-order valence-electron chi connectivity index (χ2n) is 6.02. The van der Waals surface area contributed by atoms with Gasteiger partial charge in [-0.2, -0.15) is 5.10 Å². The molecule has 0 saturated carbocycles. The molecule has 0 amide bonds. The first kappa shape index (κ1) is 22.2. The number of aromatic nitrogens is 3. The van der Waals surface area contributed by atoms with Gasteiger partial charge in [0.2, 0.25) is 10.0 Å². The zero-order valence-corrected chi connectivity index (χ0v) is 19.1. The lowest BCUT2D eigenvalue weighted by molar-refractivity contribution is 0.549. The SMILES string of the molecule is Cc1nc(C)c(-c2ccc(=O)n(CCNS(=O)(=O)c3cc(Cl)c(Cl)cc3Cl)n2)s1. The van der Waals surface area contributed by atoms with Crippen molar-refractivity contribution in [2.24, 2.45) is 0 Å². The number of nitrogens with zero attached hydrogens (tertiary/aromatic N) is 3. The second kappa shape index (κ2) is 8.71. The maximum absolute atomic E-state index is 12.5. The van der Waals surface area contributed by atoms with Crippen LogP contribution in [0, 0.1) is 13.8 Å². The molecule has 0 aliphatic heterocycles. The van der Waals surface area contributed by atoms with Crippen LogP contribution in [0.25, 0.3) is 10.6 Å². The Labute approximate surface area is 186 Å². The van der Waals surface area contributed by atoms with Gasteiger partial charge in [0.15, 0.2) is 0 Å². The summed E-state index contributed by atoms with van der Waals surface area (Å²) < 4.78 is 28.6. The van der Waals surface area contributed by atoms with Crippen LogP contribution in [0.5, 0.6) is 0 Å². The van der Waals surface area contributed by atoms with Crippen molar-refractivity contribution in [3.05, 3.63) is 60.4 Å². The summed E-state index contributed by atoms with van der Waals surface area (Å²) in [7, 11) is -3.96. The molecule has 0 aliphatic rings. The van der Waals surface area contributed by atoms with Crippen LogP contribution in [-0.4, -0.2) is 29.7 Å². The van der Waals surface area contributed by atoms with Crippen LogP contribution in [0.2, 0.25) is 15.1 Å². The van der Waals surface area contributed by atoms with Crippen molar-refractivity contribution in [3.63, 3.8) is 0 Å². The monoisotopic (exact) mass is 492 g/mol. The third-order valence-corrected chi connectivity index (χ3v) is 7.63. The molecule has 29 heavy (non-hydrogen) atoms. The molecule has 0 radical (unpaired) electrons. The molecule has 12 heteroatoms. The Bertz CT molecular complexity index is 1240. The van der Waals surface area contributed by atoms with Gasteiger partial charge in [-0.05, 0) is 32.0 Å². The fraction of sp³-hybridized carbons (Fsp3) is 0.235. The van der Waals surface area contributed by atoms with Crippen molar-refractivity contribution < 1.29 is 8.42 Å². The van der Waals surface area contributed by atoms with Gasteiger partial charge in [-0.25, -0.2) is 22.8 Å². The number of halogens is 3. The molecule has 0 unspecified atom stereocenters. The van der Waals surface area contributed by atoms with E-state index in [-0.39, 0.29) is 38.6 Å². The van der Waals surface area contributed by atoms with E-state index in [9.17, 15) is 13.2 Å². The predicted octanol–water partition coefficient (Wildman–Crippen LogP) is 3.92. The fourth-order valence-corrected chi connectivity index (χ4v) is 5.48. The number of thiazole rings is 1. The van der Waals surface area contributed by atoms with Crippen molar-refractivity contribution >= 4 is 56.2 Å². The highest BCUT2D eigenvalue weighted by Crippen LogP contribution is 2.31. The van der Waals surface area contributed by atoms with Crippen molar-refractivity contribution in [2.45, 2.75) is 25.3 Å². The van der Waals surface area contributed by atoms with Gasteiger partial charge in [0, 0.05) is 12.6 Å². The number of sulfonamides is 1. The molecular formula is C17H15Cl3N4O3S2. The van der Waals surface area contributed by atoms with Crippen LogP contribution >= 0.6 is 46.1 Å². The zero-order valence-electron chi connectivity index (χ0n) is 15.2. The predicted molar refractivity (Wildman–Crippen MR) is 116 cm³/mol. The molecule has 0 bridgehead atoms. The van der Waals surface area contributed by atoms with Crippen LogP contribution < -0.4 is 10.3 Å². The lowest BCUT2D eigenvalue weighted by Gasteiger charge is -2.11. The van der Waals surface area contributed by atoms with E-state index < -0.39 is 10.0 Å². The first-order valence-corrected chi connectivity index (χ1v) is 11.7. The molecule has 0 fully saturated rings. The largest absolute Gasteiger partial charge is 0.268 e. The number of hydrogen-bond donors (Lipinski definition) is 1. The van der Waals surface area contributed by atoms with Crippen LogP contribution in [0.3, 0.4) is 0 Å². The number of hydrogen-bond acceptors (Lipinski definition) is 6. The highest BCUT2D eigenvalue weighted by molar-refractivity contribution is 7.89. The summed E-state index contributed by atoms with van der Waals surface area (Å²) in [5, 5.41) is 5.38. The smallest absolute Gasteiger partial charge is 0.266 e. The molecule has 2 aromatic heterocycles. The minimum Gasteiger partial charge on any atom is -0.268 e.